The van der Waals surface area contributed by atoms with Crippen LogP contribution in [-0.4, -0.2) is 6.03 Å². The van der Waals surface area contributed by atoms with Crippen molar-refractivity contribution in [2.24, 2.45) is 0 Å². The third-order valence-corrected chi connectivity index (χ3v) is 3.60. The standard InChI is InChI=1S/C19H15ClN2O/c20-16-8-12-18(13-9-16)22-19(23)21-17-10-6-15(7-11-17)14-4-2-1-3-5-14/h1-13H,(H2,21,22,23). The van der Waals surface area contributed by atoms with Gasteiger partial charge in [-0.3, -0.25) is 0 Å². The Kier molecular flexibility index (Phi) is 4.60. The Labute approximate surface area is 139 Å². The molecule has 0 aliphatic heterocycles. The largest absolute Gasteiger partial charge is 0.323 e. The van der Waals surface area contributed by atoms with E-state index in [1.807, 2.05) is 42.5 Å². The Morgan fingerprint density at radius 3 is 1.70 bits per heavy atom. The molecule has 23 heavy (non-hydrogen) atoms. The quantitative estimate of drug-likeness (QED) is 0.642. The van der Waals surface area contributed by atoms with Crippen LogP contribution in [0.1, 0.15) is 0 Å². The Morgan fingerprint density at radius 2 is 1.13 bits per heavy atom. The summed E-state index contributed by atoms with van der Waals surface area (Å²) in [6.07, 6.45) is 0. The first-order valence-corrected chi connectivity index (χ1v) is 7.57. The van der Waals surface area contributed by atoms with E-state index in [0.717, 1.165) is 16.8 Å². The summed E-state index contributed by atoms with van der Waals surface area (Å²) in [7, 11) is 0. The molecule has 0 saturated carbocycles. The molecule has 0 heterocycles. The molecule has 0 radical (unpaired) electrons. The molecule has 4 heteroatoms. The van der Waals surface area contributed by atoms with E-state index >= 15 is 0 Å². The predicted molar refractivity (Wildman–Crippen MR) is 96.0 cm³/mol. The van der Waals surface area contributed by atoms with E-state index in [1.165, 1.54) is 0 Å². The molecule has 0 aliphatic carbocycles. The van der Waals surface area contributed by atoms with Crippen LogP contribution in [0.3, 0.4) is 0 Å². The summed E-state index contributed by atoms with van der Waals surface area (Å²) < 4.78 is 0. The first-order chi connectivity index (χ1) is 11.2. The second-order valence-corrected chi connectivity index (χ2v) is 5.47. The summed E-state index contributed by atoms with van der Waals surface area (Å²) >= 11 is 5.81. The highest BCUT2D eigenvalue weighted by atomic mass is 35.5. The molecule has 2 amide bonds. The maximum atomic E-state index is 12.0. The zero-order valence-electron chi connectivity index (χ0n) is 12.3. The second-order valence-electron chi connectivity index (χ2n) is 5.03. The van der Waals surface area contributed by atoms with Crippen LogP contribution in [0.2, 0.25) is 5.02 Å². The molecule has 0 aliphatic rings. The maximum Gasteiger partial charge on any atom is 0.323 e. The summed E-state index contributed by atoms with van der Waals surface area (Å²) in [6, 6.07) is 24.5. The van der Waals surface area contributed by atoms with E-state index in [2.05, 4.69) is 22.8 Å². The topological polar surface area (TPSA) is 41.1 Å². The number of anilines is 2. The van der Waals surface area contributed by atoms with E-state index < -0.39 is 0 Å². The normalized spacial score (nSPS) is 10.1. The molecular formula is C19H15ClN2O. The summed E-state index contributed by atoms with van der Waals surface area (Å²) in [4.78, 5) is 12.0. The summed E-state index contributed by atoms with van der Waals surface area (Å²) in [5.41, 5.74) is 3.67. The fraction of sp³-hybridized carbons (Fsp3) is 0. The third kappa shape index (κ3) is 4.11. The fourth-order valence-electron chi connectivity index (χ4n) is 2.20. The summed E-state index contributed by atoms with van der Waals surface area (Å²) in [5, 5.41) is 6.19. The Morgan fingerprint density at radius 1 is 0.652 bits per heavy atom. The van der Waals surface area contributed by atoms with Crippen molar-refractivity contribution < 1.29 is 4.79 Å². The number of benzene rings is 3. The second kappa shape index (κ2) is 6.99. The van der Waals surface area contributed by atoms with Crippen molar-refractivity contribution in [2.75, 3.05) is 10.6 Å². The van der Waals surface area contributed by atoms with Crippen LogP contribution in [0.25, 0.3) is 11.1 Å². The van der Waals surface area contributed by atoms with Crippen LogP contribution in [-0.2, 0) is 0 Å². The van der Waals surface area contributed by atoms with E-state index in [-0.39, 0.29) is 6.03 Å². The average Bonchev–Trinajstić information content (AvgIpc) is 2.58. The molecule has 0 spiro atoms. The summed E-state index contributed by atoms with van der Waals surface area (Å²) in [6.45, 7) is 0. The van der Waals surface area contributed by atoms with Crippen LogP contribution < -0.4 is 10.6 Å². The zero-order chi connectivity index (χ0) is 16.1. The van der Waals surface area contributed by atoms with Crippen LogP contribution in [0, 0.1) is 0 Å². The number of amides is 2. The van der Waals surface area contributed by atoms with E-state index in [4.69, 9.17) is 11.6 Å². The van der Waals surface area contributed by atoms with Crippen molar-refractivity contribution in [3.63, 3.8) is 0 Å². The van der Waals surface area contributed by atoms with E-state index in [9.17, 15) is 4.79 Å². The number of carbonyl (C=O) groups excluding carboxylic acids is 1. The smallest absolute Gasteiger partial charge is 0.308 e. The molecule has 3 rings (SSSR count). The van der Waals surface area contributed by atoms with Crippen molar-refractivity contribution in [3.8, 4) is 11.1 Å². The van der Waals surface area contributed by atoms with Crippen LogP contribution >= 0.6 is 11.6 Å². The number of carbonyl (C=O) groups is 1. The third-order valence-electron chi connectivity index (χ3n) is 3.35. The van der Waals surface area contributed by atoms with Crippen molar-refractivity contribution >= 4 is 29.0 Å². The molecule has 3 nitrogen and oxygen atoms in total. The van der Waals surface area contributed by atoms with Gasteiger partial charge >= 0.3 is 6.03 Å². The van der Waals surface area contributed by atoms with Gasteiger partial charge in [-0.1, -0.05) is 54.1 Å². The van der Waals surface area contributed by atoms with Crippen LogP contribution in [0.4, 0.5) is 16.2 Å². The van der Waals surface area contributed by atoms with Gasteiger partial charge in [0, 0.05) is 16.4 Å². The van der Waals surface area contributed by atoms with Gasteiger partial charge in [0.2, 0.25) is 0 Å². The highest BCUT2D eigenvalue weighted by Crippen LogP contribution is 2.21. The maximum absolute atomic E-state index is 12.0. The molecule has 3 aromatic rings. The number of nitrogens with one attached hydrogen (secondary N) is 2. The lowest BCUT2D eigenvalue weighted by molar-refractivity contribution is 0.262. The van der Waals surface area contributed by atoms with Gasteiger partial charge in [-0.25, -0.2) is 4.79 Å². The van der Waals surface area contributed by atoms with E-state index in [1.54, 1.807) is 24.3 Å². The SMILES string of the molecule is O=C(Nc1ccc(Cl)cc1)Nc1ccc(-c2ccccc2)cc1. The monoisotopic (exact) mass is 322 g/mol. The first kappa shape index (κ1) is 15.1. The molecule has 2 N–H and O–H groups in total. The van der Waals surface area contributed by atoms with Gasteiger partial charge < -0.3 is 10.6 Å². The molecule has 0 atom stereocenters. The van der Waals surface area contributed by atoms with Crippen molar-refractivity contribution in [1.82, 2.24) is 0 Å². The Balaban J connectivity index is 1.64. The van der Waals surface area contributed by atoms with Crippen LogP contribution in [0.15, 0.2) is 78.9 Å². The average molecular weight is 323 g/mol. The molecule has 0 unspecified atom stereocenters. The number of rotatable bonds is 3. The molecule has 0 aromatic heterocycles. The molecule has 3 aromatic carbocycles. The lowest BCUT2D eigenvalue weighted by Gasteiger charge is -2.08. The van der Waals surface area contributed by atoms with Gasteiger partial charge in [-0.05, 0) is 47.5 Å². The van der Waals surface area contributed by atoms with Gasteiger partial charge in [0.1, 0.15) is 0 Å². The van der Waals surface area contributed by atoms with Gasteiger partial charge in [0.15, 0.2) is 0 Å². The molecule has 114 valence electrons. The zero-order valence-corrected chi connectivity index (χ0v) is 13.0. The lowest BCUT2D eigenvalue weighted by atomic mass is 10.1. The number of hydrogen-bond donors (Lipinski definition) is 2. The van der Waals surface area contributed by atoms with E-state index in [0.29, 0.717) is 10.7 Å². The first-order valence-electron chi connectivity index (χ1n) is 7.20. The van der Waals surface area contributed by atoms with Crippen molar-refractivity contribution in [1.29, 1.82) is 0 Å². The van der Waals surface area contributed by atoms with Crippen molar-refractivity contribution in [3.05, 3.63) is 83.9 Å². The Hall–Kier alpha value is -2.78. The minimum absolute atomic E-state index is 0.292. The van der Waals surface area contributed by atoms with Crippen LogP contribution in [0.5, 0.6) is 0 Å². The number of hydrogen-bond acceptors (Lipinski definition) is 1. The van der Waals surface area contributed by atoms with Crippen molar-refractivity contribution in [2.45, 2.75) is 0 Å². The van der Waals surface area contributed by atoms with Gasteiger partial charge in [-0.2, -0.15) is 0 Å². The summed E-state index contributed by atoms with van der Waals surface area (Å²) in [5.74, 6) is 0. The Bertz CT molecular complexity index is 784. The minimum Gasteiger partial charge on any atom is -0.308 e. The molecular weight excluding hydrogens is 308 g/mol. The molecule has 0 bridgehead atoms. The lowest BCUT2D eigenvalue weighted by Crippen LogP contribution is -2.19. The minimum atomic E-state index is -0.292. The number of halogens is 1. The highest BCUT2D eigenvalue weighted by molar-refractivity contribution is 6.30. The number of urea groups is 1. The predicted octanol–water partition coefficient (Wildman–Crippen LogP) is 5.65. The van der Waals surface area contributed by atoms with Gasteiger partial charge in [-0.15, -0.1) is 0 Å². The molecule has 0 fully saturated rings. The molecule has 0 saturated heterocycles. The fourth-order valence-corrected chi connectivity index (χ4v) is 2.33. The highest BCUT2D eigenvalue weighted by Gasteiger charge is 2.03. The van der Waals surface area contributed by atoms with Gasteiger partial charge in [0.25, 0.3) is 0 Å². The van der Waals surface area contributed by atoms with Gasteiger partial charge in [0.05, 0.1) is 0 Å².